The molecule has 0 bridgehead atoms. The van der Waals surface area contributed by atoms with Crippen LogP contribution in [-0.4, -0.2) is 39.6 Å². The third-order valence-electron chi connectivity index (χ3n) is 6.02. The van der Waals surface area contributed by atoms with Crippen LogP contribution in [0.25, 0.3) is 5.52 Å². The van der Waals surface area contributed by atoms with E-state index < -0.39 is 0 Å². The van der Waals surface area contributed by atoms with Crippen molar-refractivity contribution in [1.29, 1.82) is 0 Å². The van der Waals surface area contributed by atoms with Crippen molar-refractivity contribution < 1.29 is 9.47 Å². The number of nitrogens with one attached hydrogen (secondary N) is 1. The molecule has 6 nitrogen and oxygen atoms in total. The van der Waals surface area contributed by atoms with Gasteiger partial charge in [0.05, 0.1) is 24.9 Å². The molecule has 1 N–H and O–H groups in total. The average molecular weight is 373 g/mol. The topological polar surface area (TPSA) is 60.7 Å². The van der Waals surface area contributed by atoms with Gasteiger partial charge in [0.25, 0.3) is 0 Å². The van der Waals surface area contributed by atoms with E-state index in [0.717, 1.165) is 56.8 Å². The molecule has 0 radical (unpaired) electrons. The predicted octanol–water partition coefficient (Wildman–Crippen LogP) is 4.51. The zero-order chi connectivity index (χ0) is 18.7. The molecule has 1 aliphatic heterocycles. The van der Waals surface area contributed by atoms with Gasteiger partial charge < -0.3 is 14.8 Å². The summed E-state index contributed by atoms with van der Waals surface area (Å²) in [6.45, 7) is 5.91. The minimum Gasteiger partial charge on any atom is -0.351 e. The largest absolute Gasteiger partial charge is 0.351 e. The normalized spacial score (nSPS) is 21.1. The molecule has 0 amide bonds. The number of rotatable bonds is 7. The lowest BCUT2D eigenvalue weighted by atomic mass is 9.83. The molecule has 1 saturated heterocycles. The fraction of sp³-hybridized carbons (Fsp3) is 0.714. The van der Waals surface area contributed by atoms with Crippen LogP contribution in [0.4, 0.5) is 5.95 Å². The van der Waals surface area contributed by atoms with Crippen molar-refractivity contribution in [3.63, 3.8) is 0 Å². The predicted molar refractivity (Wildman–Crippen MR) is 106 cm³/mol. The van der Waals surface area contributed by atoms with Gasteiger partial charge in [-0.2, -0.15) is 0 Å². The van der Waals surface area contributed by atoms with Crippen LogP contribution in [0.1, 0.15) is 76.8 Å². The molecule has 0 aromatic carbocycles. The standard InChI is InChI=1S/C21H32N4O2/c1-3-4-5-6-16(2)23-20-22-15-18-7-8-19(25(18)24-20)17-9-11-21(12-10-17)26-13-14-27-21/h7-8,15-17H,3-6,9-14H2,1-2H3,(H,23,24). The first kappa shape index (κ1) is 18.7. The number of unbranched alkanes of at least 4 members (excludes halogenated alkanes) is 2. The van der Waals surface area contributed by atoms with Crippen molar-refractivity contribution in [1.82, 2.24) is 14.6 Å². The Bertz CT molecular complexity index is 744. The first-order valence-electron chi connectivity index (χ1n) is 10.6. The monoisotopic (exact) mass is 372 g/mol. The van der Waals surface area contributed by atoms with Crippen molar-refractivity contribution in [2.24, 2.45) is 0 Å². The van der Waals surface area contributed by atoms with E-state index in [9.17, 15) is 0 Å². The number of hydrogen-bond acceptors (Lipinski definition) is 5. The highest BCUT2D eigenvalue weighted by molar-refractivity contribution is 5.48. The summed E-state index contributed by atoms with van der Waals surface area (Å²) in [4.78, 5) is 4.51. The fourth-order valence-corrected chi connectivity index (χ4v) is 4.43. The summed E-state index contributed by atoms with van der Waals surface area (Å²) >= 11 is 0. The molecule has 27 heavy (non-hydrogen) atoms. The van der Waals surface area contributed by atoms with Gasteiger partial charge in [-0.3, -0.25) is 0 Å². The van der Waals surface area contributed by atoms with E-state index in [1.165, 1.54) is 25.0 Å². The van der Waals surface area contributed by atoms with Crippen LogP contribution in [0.15, 0.2) is 18.3 Å². The summed E-state index contributed by atoms with van der Waals surface area (Å²) in [5.41, 5.74) is 2.34. The minimum absolute atomic E-state index is 0.306. The zero-order valence-electron chi connectivity index (χ0n) is 16.6. The molecule has 2 aromatic rings. The summed E-state index contributed by atoms with van der Waals surface area (Å²) in [5, 5.41) is 8.27. The van der Waals surface area contributed by atoms with Gasteiger partial charge in [0.1, 0.15) is 0 Å². The van der Waals surface area contributed by atoms with Gasteiger partial charge >= 0.3 is 0 Å². The second kappa shape index (κ2) is 8.15. The number of nitrogens with zero attached hydrogens (tertiary/aromatic N) is 3. The number of aromatic nitrogens is 3. The Morgan fingerprint density at radius 3 is 2.74 bits per heavy atom. The summed E-state index contributed by atoms with van der Waals surface area (Å²) in [6, 6.07) is 4.72. The molecule has 3 heterocycles. The van der Waals surface area contributed by atoms with Crippen LogP contribution >= 0.6 is 0 Å². The van der Waals surface area contributed by atoms with Gasteiger partial charge in [-0.1, -0.05) is 26.2 Å². The Morgan fingerprint density at radius 2 is 2.00 bits per heavy atom. The molecular weight excluding hydrogens is 340 g/mol. The highest BCUT2D eigenvalue weighted by atomic mass is 16.7. The van der Waals surface area contributed by atoms with E-state index in [4.69, 9.17) is 14.6 Å². The van der Waals surface area contributed by atoms with E-state index in [1.54, 1.807) is 0 Å². The minimum atomic E-state index is -0.306. The van der Waals surface area contributed by atoms with Gasteiger partial charge in [-0.15, -0.1) is 5.10 Å². The molecule has 4 rings (SSSR count). The molecule has 1 atom stereocenters. The summed E-state index contributed by atoms with van der Waals surface area (Å²) in [6.07, 6.45) is 10.9. The van der Waals surface area contributed by atoms with Crippen molar-refractivity contribution in [3.05, 3.63) is 24.0 Å². The van der Waals surface area contributed by atoms with E-state index in [0.29, 0.717) is 12.0 Å². The van der Waals surface area contributed by atoms with E-state index in [2.05, 4.69) is 40.8 Å². The maximum atomic E-state index is 5.87. The van der Waals surface area contributed by atoms with Crippen LogP contribution in [0.3, 0.4) is 0 Å². The molecule has 2 aromatic heterocycles. The summed E-state index contributed by atoms with van der Waals surface area (Å²) < 4.78 is 13.8. The number of fused-ring (bicyclic) bond motifs is 1. The molecule has 1 unspecified atom stereocenters. The molecule has 2 fully saturated rings. The number of anilines is 1. The van der Waals surface area contributed by atoms with E-state index in [-0.39, 0.29) is 5.79 Å². The molecule has 1 spiro atoms. The second-order valence-corrected chi connectivity index (χ2v) is 8.10. The Kier molecular flexibility index (Phi) is 5.64. The SMILES string of the molecule is CCCCCC(C)Nc1ncc2ccc(C3CCC4(CC3)OCCO4)n2n1. The Hall–Kier alpha value is -1.66. The van der Waals surface area contributed by atoms with Crippen LogP contribution in [0.2, 0.25) is 0 Å². The van der Waals surface area contributed by atoms with Gasteiger partial charge in [-0.25, -0.2) is 9.50 Å². The first-order chi connectivity index (χ1) is 13.2. The molecule has 6 heteroatoms. The quantitative estimate of drug-likeness (QED) is 0.725. The fourth-order valence-electron chi connectivity index (χ4n) is 4.43. The van der Waals surface area contributed by atoms with Gasteiger partial charge in [0.2, 0.25) is 5.95 Å². The summed E-state index contributed by atoms with van der Waals surface area (Å²) in [5.74, 6) is 0.911. The van der Waals surface area contributed by atoms with E-state index >= 15 is 0 Å². The Morgan fingerprint density at radius 1 is 1.22 bits per heavy atom. The number of ether oxygens (including phenoxy) is 2. The lowest BCUT2D eigenvalue weighted by Gasteiger charge is -2.35. The van der Waals surface area contributed by atoms with Crippen molar-refractivity contribution >= 4 is 11.5 Å². The third-order valence-corrected chi connectivity index (χ3v) is 6.02. The van der Waals surface area contributed by atoms with Crippen molar-refractivity contribution in [2.75, 3.05) is 18.5 Å². The van der Waals surface area contributed by atoms with Crippen LogP contribution < -0.4 is 5.32 Å². The van der Waals surface area contributed by atoms with Gasteiger partial charge in [0.15, 0.2) is 5.79 Å². The smallest absolute Gasteiger partial charge is 0.241 e. The maximum Gasteiger partial charge on any atom is 0.241 e. The molecule has 2 aliphatic rings. The van der Waals surface area contributed by atoms with Crippen molar-refractivity contribution in [3.8, 4) is 0 Å². The van der Waals surface area contributed by atoms with Crippen molar-refractivity contribution in [2.45, 2.75) is 83.0 Å². The van der Waals surface area contributed by atoms with Gasteiger partial charge in [-0.05, 0) is 38.3 Å². The molecule has 1 saturated carbocycles. The van der Waals surface area contributed by atoms with Crippen LogP contribution in [0, 0.1) is 0 Å². The third kappa shape index (κ3) is 4.11. The number of hydrogen-bond donors (Lipinski definition) is 1. The zero-order valence-corrected chi connectivity index (χ0v) is 16.6. The average Bonchev–Trinajstić information content (AvgIpc) is 3.30. The lowest BCUT2D eigenvalue weighted by Crippen LogP contribution is -2.34. The molecule has 148 valence electrons. The highest BCUT2D eigenvalue weighted by Crippen LogP contribution is 2.42. The highest BCUT2D eigenvalue weighted by Gasteiger charge is 2.41. The van der Waals surface area contributed by atoms with Crippen LogP contribution in [0.5, 0.6) is 0 Å². The molecular formula is C21H32N4O2. The lowest BCUT2D eigenvalue weighted by molar-refractivity contribution is -0.179. The van der Waals surface area contributed by atoms with Crippen LogP contribution in [-0.2, 0) is 9.47 Å². The Balaban J connectivity index is 1.44. The maximum absolute atomic E-state index is 5.87. The molecule has 1 aliphatic carbocycles. The van der Waals surface area contributed by atoms with E-state index in [1.807, 2.05) is 6.20 Å². The van der Waals surface area contributed by atoms with Gasteiger partial charge in [0, 0.05) is 30.5 Å². The second-order valence-electron chi connectivity index (χ2n) is 8.10. The first-order valence-corrected chi connectivity index (χ1v) is 10.6. The Labute approximate surface area is 161 Å². The summed E-state index contributed by atoms with van der Waals surface area (Å²) in [7, 11) is 0.